The quantitative estimate of drug-likeness (QED) is 0.757. The van der Waals surface area contributed by atoms with Gasteiger partial charge in [0.1, 0.15) is 0 Å². The Labute approximate surface area is 135 Å². The predicted octanol–water partition coefficient (Wildman–Crippen LogP) is 1.14. The van der Waals surface area contributed by atoms with E-state index < -0.39 is 0 Å². The van der Waals surface area contributed by atoms with Crippen LogP contribution in [0.25, 0.3) is 0 Å². The molecule has 8 heteroatoms. The molecule has 0 saturated carbocycles. The van der Waals surface area contributed by atoms with Crippen molar-refractivity contribution in [1.82, 2.24) is 20.1 Å². The minimum Gasteiger partial charge on any atom is -0.378 e. The first-order valence-corrected chi connectivity index (χ1v) is 8.75. The fraction of sp³-hybridized carbons (Fsp3) is 0.786. The molecule has 1 atom stereocenters. The number of aromatic nitrogens is 3. The van der Waals surface area contributed by atoms with Crippen LogP contribution in [0.1, 0.15) is 27.2 Å². The van der Waals surface area contributed by atoms with Crippen molar-refractivity contribution in [1.29, 1.82) is 0 Å². The van der Waals surface area contributed by atoms with Gasteiger partial charge in [-0.2, -0.15) is 0 Å². The van der Waals surface area contributed by atoms with E-state index in [-0.39, 0.29) is 11.2 Å². The summed E-state index contributed by atoms with van der Waals surface area (Å²) in [6, 6.07) is 0. The first-order valence-electron chi connectivity index (χ1n) is 7.87. The average Bonchev–Trinajstić information content (AvgIpc) is 2.95. The maximum Gasteiger partial charge on any atom is 0.233 e. The highest BCUT2D eigenvalue weighted by Gasteiger charge is 2.22. The molecule has 2 heterocycles. The number of carbonyl (C=O) groups excluding carboxylic acids is 1. The summed E-state index contributed by atoms with van der Waals surface area (Å²) >= 11 is 1.46. The number of nitrogens with one attached hydrogen (secondary N) is 1. The van der Waals surface area contributed by atoms with Gasteiger partial charge < -0.3 is 15.0 Å². The van der Waals surface area contributed by atoms with Gasteiger partial charge in [-0.3, -0.25) is 9.36 Å². The van der Waals surface area contributed by atoms with Gasteiger partial charge in [0.05, 0.1) is 18.5 Å². The van der Waals surface area contributed by atoms with E-state index in [0.29, 0.717) is 6.54 Å². The molecule has 1 aromatic rings. The van der Waals surface area contributed by atoms with Crippen LogP contribution in [-0.2, 0) is 16.1 Å². The molecule has 22 heavy (non-hydrogen) atoms. The molecule has 1 aliphatic rings. The summed E-state index contributed by atoms with van der Waals surface area (Å²) in [4.78, 5) is 14.2. The Morgan fingerprint density at radius 1 is 1.36 bits per heavy atom. The predicted molar refractivity (Wildman–Crippen MR) is 87.3 cm³/mol. The number of ether oxygens (including phenoxy) is 1. The third-order valence-corrected chi connectivity index (χ3v) is 4.59. The van der Waals surface area contributed by atoms with Gasteiger partial charge >= 0.3 is 0 Å². The zero-order valence-corrected chi connectivity index (χ0v) is 14.4. The van der Waals surface area contributed by atoms with E-state index in [1.807, 2.05) is 13.8 Å². The Morgan fingerprint density at radius 3 is 2.73 bits per heavy atom. The summed E-state index contributed by atoms with van der Waals surface area (Å²) in [5, 5.41) is 12.1. The second kappa shape index (κ2) is 8.38. The number of hydrogen-bond donors (Lipinski definition) is 1. The number of amides is 1. The molecule has 0 spiro atoms. The molecule has 1 saturated heterocycles. The SMILES string of the molecule is CCCNC(=O)[C@H](C)Sc1nnc(N2CCOCC2)n1CC. The summed E-state index contributed by atoms with van der Waals surface area (Å²) in [5.74, 6) is 0.917. The summed E-state index contributed by atoms with van der Waals surface area (Å²) in [6.07, 6.45) is 0.940. The lowest BCUT2D eigenvalue weighted by molar-refractivity contribution is -0.120. The number of nitrogens with zero attached hydrogens (tertiary/aromatic N) is 4. The highest BCUT2D eigenvalue weighted by atomic mass is 32.2. The summed E-state index contributed by atoms with van der Waals surface area (Å²) in [5.41, 5.74) is 0. The van der Waals surface area contributed by atoms with E-state index in [9.17, 15) is 4.79 Å². The van der Waals surface area contributed by atoms with Crippen molar-refractivity contribution in [2.24, 2.45) is 0 Å². The van der Waals surface area contributed by atoms with Crippen LogP contribution < -0.4 is 10.2 Å². The molecule has 124 valence electrons. The number of hydrogen-bond acceptors (Lipinski definition) is 6. The smallest absolute Gasteiger partial charge is 0.233 e. The molecular formula is C14H25N5O2S. The van der Waals surface area contributed by atoms with Gasteiger partial charge in [-0.25, -0.2) is 0 Å². The monoisotopic (exact) mass is 327 g/mol. The van der Waals surface area contributed by atoms with Gasteiger partial charge in [0, 0.05) is 26.2 Å². The number of rotatable bonds is 7. The molecule has 1 amide bonds. The van der Waals surface area contributed by atoms with Crippen molar-refractivity contribution in [3.05, 3.63) is 0 Å². The lowest BCUT2D eigenvalue weighted by Crippen LogP contribution is -2.38. The van der Waals surface area contributed by atoms with Crippen LogP contribution in [0.5, 0.6) is 0 Å². The van der Waals surface area contributed by atoms with Crippen LogP contribution in [0, 0.1) is 0 Å². The van der Waals surface area contributed by atoms with Crippen molar-refractivity contribution in [3.63, 3.8) is 0 Å². The van der Waals surface area contributed by atoms with E-state index in [2.05, 4.69) is 31.9 Å². The second-order valence-electron chi connectivity index (χ2n) is 5.18. The zero-order chi connectivity index (χ0) is 15.9. The van der Waals surface area contributed by atoms with Crippen molar-refractivity contribution in [2.45, 2.75) is 44.1 Å². The van der Waals surface area contributed by atoms with E-state index in [1.165, 1.54) is 11.8 Å². The van der Waals surface area contributed by atoms with Crippen molar-refractivity contribution < 1.29 is 9.53 Å². The number of thioether (sulfide) groups is 1. The minimum atomic E-state index is -0.182. The third kappa shape index (κ3) is 4.13. The van der Waals surface area contributed by atoms with Gasteiger partial charge in [0.25, 0.3) is 0 Å². The van der Waals surface area contributed by atoms with Crippen LogP contribution in [0.2, 0.25) is 0 Å². The molecule has 2 rings (SSSR count). The van der Waals surface area contributed by atoms with E-state index >= 15 is 0 Å². The van der Waals surface area contributed by atoms with Gasteiger partial charge in [-0.15, -0.1) is 10.2 Å². The van der Waals surface area contributed by atoms with E-state index in [1.54, 1.807) is 0 Å². The van der Waals surface area contributed by atoms with E-state index in [0.717, 1.165) is 50.4 Å². The van der Waals surface area contributed by atoms with Crippen LogP contribution in [0.3, 0.4) is 0 Å². The van der Waals surface area contributed by atoms with Crippen molar-refractivity contribution in [2.75, 3.05) is 37.7 Å². The minimum absolute atomic E-state index is 0.0467. The summed E-state index contributed by atoms with van der Waals surface area (Å²) < 4.78 is 7.45. The first kappa shape index (κ1) is 17.1. The normalized spacial score (nSPS) is 16.6. The van der Waals surface area contributed by atoms with Crippen LogP contribution in [0.4, 0.5) is 5.95 Å². The molecule has 1 aromatic heterocycles. The largest absolute Gasteiger partial charge is 0.378 e. The molecule has 0 bridgehead atoms. The molecule has 1 N–H and O–H groups in total. The van der Waals surface area contributed by atoms with Crippen LogP contribution >= 0.6 is 11.8 Å². The molecule has 0 unspecified atom stereocenters. The molecule has 1 fully saturated rings. The van der Waals surface area contributed by atoms with Crippen LogP contribution in [-0.4, -0.2) is 58.8 Å². The Morgan fingerprint density at radius 2 is 2.09 bits per heavy atom. The fourth-order valence-electron chi connectivity index (χ4n) is 2.25. The highest BCUT2D eigenvalue weighted by Crippen LogP contribution is 2.26. The standard InChI is InChI=1S/C14H25N5O2S/c1-4-6-15-12(20)11(3)22-14-17-16-13(19(14)5-2)18-7-9-21-10-8-18/h11H,4-10H2,1-3H3,(H,15,20)/t11-/m0/s1. The number of morpholine rings is 1. The van der Waals surface area contributed by atoms with Crippen molar-refractivity contribution >= 4 is 23.6 Å². The highest BCUT2D eigenvalue weighted by molar-refractivity contribution is 8.00. The van der Waals surface area contributed by atoms with Gasteiger partial charge in [-0.05, 0) is 20.3 Å². The number of anilines is 1. The molecular weight excluding hydrogens is 302 g/mol. The average molecular weight is 327 g/mol. The Kier molecular flexibility index (Phi) is 6.50. The lowest BCUT2D eigenvalue weighted by atomic mass is 10.4. The summed E-state index contributed by atoms with van der Waals surface area (Å²) in [6.45, 7) is 10.6. The topological polar surface area (TPSA) is 72.3 Å². The molecule has 1 aliphatic heterocycles. The maximum atomic E-state index is 12.0. The third-order valence-electron chi connectivity index (χ3n) is 3.51. The van der Waals surface area contributed by atoms with Crippen molar-refractivity contribution in [3.8, 4) is 0 Å². The summed E-state index contributed by atoms with van der Waals surface area (Å²) in [7, 11) is 0. The maximum absolute atomic E-state index is 12.0. The molecule has 0 aliphatic carbocycles. The van der Waals surface area contributed by atoms with Gasteiger partial charge in [0.15, 0.2) is 5.16 Å². The Bertz CT molecular complexity index is 488. The van der Waals surface area contributed by atoms with Gasteiger partial charge in [0.2, 0.25) is 11.9 Å². The second-order valence-corrected chi connectivity index (χ2v) is 6.49. The molecule has 0 aromatic carbocycles. The zero-order valence-electron chi connectivity index (χ0n) is 13.5. The Balaban J connectivity index is 2.04. The molecule has 7 nitrogen and oxygen atoms in total. The van der Waals surface area contributed by atoms with Gasteiger partial charge in [-0.1, -0.05) is 18.7 Å². The lowest BCUT2D eigenvalue weighted by Gasteiger charge is -2.27. The fourth-order valence-corrected chi connectivity index (χ4v) is 3.18. The van der Waals surface area contributed by atoms with Crippen LogP contribution in [0.15, 0.2) is 5.16 Å². The Hall–Kier alpha value is -1.28. The first-order chi connectivity index (χ1) is 10.7. The number of carbonyl (C=O) groups is 1. The molecule has 0 radical (unpaired) electrons. The van der Waals surface area contributed by atoms with E-state index in [4.69, 9.17) is 4.74 Å².